The maximum Gasteiger partial charge on any atom is 0.416 e. The van der Waals surface area contributed by atoms with Crippen molar-refractivity contribution in [1.29, 1.82) is 0 Å². The van der Waals surface area contributed by atoms with Crippen LogP contribution in [0.15, 0.2) is 72.4 Å². The zero-order chi connectivity index (χ0) is 23.9. The van der Waals surface area contributed by atoms with Gasteiger partial charge in [-0.15, -0.1) is 0 Å². The van der Waals surface area contributed by atoms with E-state index < -0.39 is 29.4 Å². The summed E-state index contributed by atoms with van der Waals surface area (Å²) in [5, 5.41) is 2.70. The molecule has 0 unspecified atom stereocenters. The largest absolute Gasteiger partial charge is 0.416 e. The molecule has 1 heterocycles. The number of alkyl halides is 3. The number of carbonyl (C=O) groups is 2. The van der Waals surface area contributed by atoms with E-state index >= 15 is 0 Å². The Bertz CT molecular complexity index is 1290. The predicted molar refractivity (Wildman–Crippen MR) is 117 cm³/mol. The molecular weight excluding hydrogens is 436 g/mol. The number of nitrogens with one attached hydrogen (secondary N) is 1. The Hall–Kier alpha value is -3.94. The fourth-order valence-electron chi connectivity index (χ4n) is 3.55. The molecule has 2 amide bonds. The Morgan fingerprint density at radius 3 is 2.15 bits per heavy atom. The van der Waals surface area contributed by atoms with E-state index in [1.165, 1.54) is 24.3 Å². The fourth-order valence-corrected chi connectivity index (χ4v) is 3.55. The number of hydrogen-bond acceptors (Lipinski definition) is 3. The fraction of sp³-hybridized carbons (Fsp3) is 0.120. The van der Waals surface area contributed by atoms with Gasteiger partial charge in [-0.05, 0) is 73.0 Å². The van der Waals surface area contributed by atoms with Crippen LogP contribution in [0.2, 0.25) is 0 Å². The maximum atomic E-state index is 13.5. The summed E-state index contributed by atoms with van der Waals surface area (Å²) in [5.41, 5.74) is 1.24. The lowest BCUT2D eigenvalue weighted by Crippen LogP contribution is -2.32. The molecule has 168 valence electrons. The normalized spacial score (nSPS) is 14.3. The van der Waals surface area contributed by atoms with Crippen molar-refractivity contribution in [3.05, 3.63) is 100 Å². The van der Waals surface area contributed by atoms with Gasteiger partial charge < -0.3 is 5.32 Å². The second-order valence-electron chi connectivity index (χ2n) is 7.67. The SMILES string of the molecule is Cc1ccc(N2C(=O)C(Nc3cccc(C(F)(F)F)c3)=C(c3ccc(F)cc3)C2=O)cc1C. The summed E-state index contributed by atoms with van der Waals surface area (Å²) in [6.45, 7) is 3.72. The number of halogens is 4. The van der Waals surface area contributed by atoms with E-state index in [4.69, 9.17) is 0 Å². The van der Waals surface area contributed by atoms with Crippen LogP contribution in [0.25, 0.3) is 5.57 Å². The quantitative estimate of drug-likeness (QED) is 0.397. The lowest BCUT2D eigenvalue weighted by Gasteiger charge is -2.17. The standard InChI is InChI=1S/C25H18F4N2O2/c1-14-6-11-20(12-15(14)2)31-23(32)21(16-7-9-18(26)10-8-16)22(24(31)33)30-19-5-3-4-17(13-19)25(27,28)29/h3-13,30H,1-2H3. The van der Waals surface area contributed by atoms with Crippen LogP contribution in [-0.2, 0) is 15.8 Å². The first-order valence-corrected chi connectivity index (χ1v) is 9.97. The number of aryl methyl sites for hydroxylation is 2. The van der Waals surface area contributed by atoms with E-state index in [2.05, 4.69) is 5.32 Å². The van der Waals surface area contributed by atoms with Crippen molar-refractivity contribution in [1.82, 2.24) is 0 Å². The first-order chi connectivity index (χ1) is 15.6. The molecule has 1 N–H and O–H groups in total. The van der Waals surface area contributed by atoms with Crippen molar-refractivity contribution < 1.29 is 27.2 Å². The highest BCUT2D eigenvalue weighted by Crippen LogP contribution is 2.36. The summed E-state index contributed by atoms with van der Waals surface area (Å²) >= 11 is 0. The Labute approximate surface area is 187 Å². The highest BCUT2D eigenvalue weighted by atomic mass is 19.4. The molecule has 0 saturated carbocycles. The number of amides is 2. The van der Waals surface area contributed by atoms with Crippen molar-refractivity contribution in [3.63, 3.8) is 0 Å². The summed E-state index contributed by atoms with van der Waals surface area (Å²) in [6.07, 6.45) is -4.58. The van der Waals surface area contributed by atoms with Crippen LogP contribution in [0.4, 0.5) is 28.9 Å². The van der Waals surface area contributed by atoms with Gasteiger partial charge in [0, 0.05) is 5.69 Å². The second kappa shape index (κ2) is 8.20. The molecule has 33 heavy (non-hydrogen) atoms. The van der Waals surface area contributed by atoms with Crippen LogP contribution in [-0.4, -0.2) is 11.8 Å². The van der Waals surface area contributed by atoms with E-state index in [1.54, 1.807) is 18.2 Å². The van der Waals surface area contributed by atoms with Crippen LogP contribution >= 0.6 is 0 Å². The number of anilines is 2. The Morgan fingerprint density at radius 1 is 0.818 bits per heavy atom. The zero-order valence-electron chi connectivity index (χ0n) is 17.6. The smallest absolute Gasteiger partial charge is 0.350 e. The van der Waals surface area contributed by atoms with Crippen LogP contribution in [0.1, 0.15) is 22.3 Å². The Kier molecular flexibility index (Phi) is 5.53. The highest BCUT2D eigenvalue weighted by molar-refractivity contribution is 6.46. The predicted octanol–water partition coefficient (Wildman–Crippen LogP) is 5.86. The minimum absolute atomic E-state index is 0.0116. The minimum Gasteiger partial charge on any atom is -0.350 e. The number of rotatable bonds is 4. The van der Waals surface area contributed by atoms with Crippen LogP contribution in [0, 0.1) is 19.7 Å². The summed E-state index contributed by atoms with van der Waals surface area (Å²) in [4.78, 5) is 27.7. The third-order valence-electron chi connectivity index (χ3n) is 5.42. The lowest BCUT2D eigenvalue weighted by molar-refractivity contribution is -0.137. The molecule has 0 bridgehead atoms. The van der Waals surface area contributed by atoms with Gasteiger partial charge in [-0.1, -0.05) is 24.3 Å². The molecule has 0 spiro atoms. The Balaban J connectivity index is 1.82. The van der Waals surface area contributed by atoms with Gasteiger partial charge >= 0.3 is 6.18 Å². The third-order valence-corrected chi connectivity index (χ3v) is 5.42. The van der Waals surface area contributed by atoms with Crippen molar-refractivity contribution in [2.75, 3.05) is 10.2 Å². The number of hydrogen-bond donors (Lipinski definition) is 1. The van der Waals surface area contributed by atoms with Gasteiger partial charge in [0.05, 0.1) is 16.8 Å². The summed E-state index contributed by atoms with van der Waals surface area (Å²) < 4.78 is 52.9. The maximum absolute atomic E-state index is 13.5. The first kappa shape index (κ1) is 22.3. The topological polar surface area (TPSA) is 49.4 Å². The van der Waals surface area contributed by atoms with Gasteiger partial charge in [-0.2, -0.15) is 13.2 Å². The number of imide groups is 1. The third kappa shape index (κ3) is 4.24. The molecule has 0 saturated heterocycles. The highest BCUT2D eigenvalue weighted by Gasteiger charge is 2.40. The van der Waals surface area contributed by atoms with Crippen molar-refractivity contribution >= 4 is 28.8 Å². The Morgan fingerprint density at radius 2 is 1.52 bits per heavy atom. The first-order valence-electron chi connectivity index (χ1n) is 9.97. The van der Waals surface area contributed by atoms with E-state index in [0.717, 1.165) is 40.3 Å². The number of benzene rings is 3. The lowest BCUT2D eigenvalue weighted by atomic mass is 10.0. The van der Waals surface area contributed by atoms with Crippen molar-refractivity contribution in [3.8, 4) is 0 Å². The van der Waals surface area contributed by atoms with Crippen molar-refractivity contribution in [2.24, 2.45) is 0 Å². The molecule has 3 aromatic rings. The van der Waals surface area contributed by atoms with E-state index in [1.807, 2.05) is 13.8 Å². The van der Waals surface area contributed by atoms with Crippen molar-refractivity contribution in [2.45, 2.75) is 20.0 Å². The molecule has 4 rings (SSSR count). The average molecular weight is 454 g/mol. The monoisotopic (exact) mass is 454 g/mol. The van der Waals surface area contributed by atoms with Crippen LogP contribution < -0.4 is 10.2 Å². The molecule has 0 fully saturated rings. The minimum atomic E-state index is -4.58. The van der Waals surface area contributed by atoms with E-state index in [0.29, 0.717) is 5.69 Å². The average Bonchev–Trinajstić information content (AvgIpc) is 3.00. The molecule has 3 aromatic carbocycles. The summed E-state index contributed by atoms with van der Waals surface area (Å²) in [6, 6.07) is 14.3. The summed E-state index contributed by atoms with van der Waals surface area (Å²) in [7, 11) is 0. The van der Waals surface area contributed by atoms with Gasteiger partial charge in [-0.3, -0.25) is 9.59 Å². The van der Waals surface area contributed by atoms with Gasteiger partial charge in [0.2, 0.25) is 0 Å². The molecule has 0 atom stereocenters. The molecular formula is C25H18F4N2O2. The molecule has 1 aliphatic heterocycles. The second-order valence-corrected chi connectivity index (χ2v) is 7.67. The molecule has 0 aliphatic carbocycles. The van der Waals surface area contributed by atoms with Gasteiger partial charge in [0.15, 0.2) is 0 Å². The molecule has 0 aromatic heterocycles. The van der Waals surface area contributed by atoms with Crippen LogP contribution in [0.5, 0.6) is 0 Å². The van der Waals surface area contributed by atoms with E-state index in [-0.39, 0.29) is 22.5 Å². The number of carbonyl (C=O) groups excluding carboxylic acids is 2. The molecule has 8 heteroatoms. The molecule has 4 nitrogen and oxygen atoms in total. The number of nitrogens with zero attached hydrogens (tertiary/aromatic N) is 1. The van der Waals surface area contributed by atoms with Gasteiger partial charge in [-0.25, -0.2) is 9.29 Å². The van der Waals surface area contributed by atoms with Gasteiger partial charge in [0.25, 0.3) is 11.8 Å². The molecule has 0 radical (unpaired) electrons. The zero-order valence-corrected chi connectivity index (χ0v) is 17.6. The summed E-state index contributed by atoms with van der Waals surface area (Å²) in [5.74, 6) is -1.92. The van der Waals surface area contributed by atoms with Crippen LogP contribution in [0.3, 0.4) is 0 Å². The molecule has 1 aliphatic rings. The van der Waals surface area contributed by atoms with E-state index in [9.17, 15) is 27.2 Å². The van der Waals surface area contributed by atoms with Gasteiger partial charge in [0.1, 0.15) is 11.5 Å².